The number of likely N-dealkylation sites (N-methyl/N-ethyl adjacent to an activating group) is 1. The van der Waals surface area contributed by atoms with Crippen molar-refractivity contribution >= 4 is 51.5 Å². The molecular formula is C21H25Cl2IN2. The molecule has 1 unspecified atom stereocenters. The zero-order chi connectivity index (χ0) is 18.7. The fourth-order valence-corrected chi connectivity index (χ4v) is 4.59. The van der Waals surface area contributed by atoms with Crippen LogP contribution in [-0.2, 0) is 6.54 Å². The van der Waals surface area contributed by atoms with Gasteiger partial charge in [0.2, 0.25) is 0 Å². The minimum Gasteiger partial charge on any atom is -0.372 e. The van der Waals surface area contributed by atoms with Gasteiger partial charge in [-0.15, -0.1) is 0 Å². The number of fused-ring (bicyclic) bond motifs is 1. The Morgan fingerprint density at radius 2 is 1.65 bits per heavy atom. The zero-order valence-electron chi connectivity index (χ0n) is 15.3. The van der Waals surface area contributed by atoms with E-state index in [4.69, 9.17) is 23.2 Å². The van der Waals surface area contributed by atoms with Crippen LogP contribution in [0.2, 0.25) is 10.0 Å². The third-order valence-corrected chi connectivity index (χ3v) is 5.81. The maximum Gasteiger partial charge on any atom is 0.0468 e. The molecule has 2 aliphatic rings. The van der Waals surface area contributed by atoms with Crippen LogP contribution in [0.5, 0.6) is 0 Å². The van der Waals surface area contributed by atoms with Crippen molar-refractivity contribution in [1.29, 1.82) is 0 Å². The van der Waals surface area contributed by atoms with Gasteiger partial charge in [0.1, 0.15) is 0 Å². The molecule has 0 amide bonds. The Morgan fingerprint density at radius 3 is 2.31 bits per heavy atom. The number of benzene rings is 2. The summed E-state index contributed by atoms with van der Waals surface area (Å²) in [6.45, 7) is 4.24. The summed E-state index contributed by atoms with van der Waals surface area (Å²) in [6.07, 6.45) is 2.61. The highest BCUT2D eigenvalue weighted by molar-refractivity contribution is 14.1. The van der Waals surface area contributed by atoms with Crippen molar-refractivity contribution in [1.82, 2.24) is 4.90 Å². The second-order valence-electron chi connectivity index (χ2n) is 6.99. The van der Waals surface area contributed by atoms with Crippen LogP contribution in [0.15, 0.2) is 36.4 Å². The van der Waals surface area contributed by atoms with Crippen LogP contribution < -0.4 is 4.90 Å². The standard InChI is InChI=1S/C20H22Cl2N2.CH3I/c1-23-12-18(17-10-15(21)11-20(22)19(17)13-23)14-4-6-16(7-5-14)24-8-2-3-9-24;1-2/h4-7,10-11,18H,2-3,8-9,12-13H2,1H3;1H3. The minimum absolute atomic E-state index is 0.322. The molecule has 2 aromatic rings. The average molecular weight is 503 g/mol. The topological polar surface area (TPSA) is 6.48 Å². The summed E-state index contributed by atoms with van der Waals surface area (Å²) in [5.74, 6) is 0.322. The summed E-state index contributed by atoms with van der Waals surface area (Å²) in [4.78, 5) is 6.78. The van der Waals surface area contributed by atoms with Gasteiger partial charge in [-0.1, -0.05) is 57.9 Å². The molecule has 0 radical (unpaired) electrons. The third kappa shape index (κ3) is 4.32. The van der Waals surface area contributed by atoms with Crippen molar-refractivity contribution in [3.63, 3.8) is 0 Å². The van der Waals surface area contributed by atoms with E-state index in [2.05, 4.69) is 69.8 Å². The largest absolute Gasteiger partial charge is 0.372 e. The number of rotatable bonds is 2. The van der Waals surface area contributed by atoms with Gasteiger partial charge in [-0.3, -0.25) is 0 Å². The number of alkyl halides is 1. The molecule has 2 heterocycles. The summed E-state index contributed by atoms with van der Waals surface area (Å²) in [5, 5.41) is 1.50. The predicted octanol–water partition coefficient (Wildman–Crippen LogP) is 6.22. The van der Waals surface area contributed by atoms with E-state index in [9.17, 15) is 0 Å². The molecule has 0 aromatic heterocycles. The van der Waals surface area contributed by atoms with Crippen LogP contribution >= 0.6 is 45.8 Å². The highest BCUT2D eigenvalue weighted by atomic mass is 127. The molecule has 2 aromatic carbocycles. The van der Waals surface area contributed by atoms with Gasteiger partial charge >= 0.3 is 0 Å². The molecule has 26 heavy (non-hydrogen) atoms. The summed E-state index contributed by atoms with van der Waals surface area (Å²) in [5.41, 5.74) is 5.16. The number of halogens is 3. The normalized spacial score (nSPS) is 19.7. The first-order chi connectivity index (χ1) is 12.6. The van der Waals surface area contributed by atoms with Crippen molar-refractivity contribution in [3.05, 3.63) is 63.1 Å². The van der Waals surface area contributed by atoms with Crippen molar-refractivity contribution < 1.29 is 0 Å². The molecule has 0 aliphatic carbocycles. The second-order valence-corrected chi connectivity index (χ2v) is 7.83. The van der Waals surface area contributed by atoms with E-state index in [0.29, 0.717) is 5.92 Å². The first-order valence-electron chi connectivity index (χ1n) is 9.01. The first kappa shape index (κ1) is 20.2. The first-order valence-corrected chi connectivity index (χ1v) is 11.9. The maximum absolute atomic E-state index is 6.46. The van der Waals surface area contributed by atoms with Gasteiger partial charge in [0, 0.05) is 47.8 Å². The lowest BCUT2D eigenvalue weighted by Crippen LogP contribution is -2.31. The van der Waals surface area contributed by atoms with E-state index in [1.807, 2.05) is 11.0 Å². The molecule has 4 rings (SSSR count). The van der Waals surface area contributed by atoms with E-state index < -0.39 is 0 Å². The van der Waals surface area contributed by atoms with Crippen molar-refractivity contribution in [3.8, 4) is 0 Å². The molecule has 1 fully saturated rings. The van der Waals surface area contributed by atoms with Crippen LogP contribution in [0.3, 0.4) is 0 Å². The number of hydrogen-bond donors (Lipinski definition) is 0. The molecule has 2 aliphatic heterocycles. The molecule has 0 bridgehead atoms. The summed E-state index contributed by atoms with van der Waals surface area (Å²) >= 11 is 14.9. The van der Waals surface area contributed by atoms with E-state index in [1.54, 1.807) is 0 Å². The van der Waals surface area contributed by atoms with Crippen LogP contribution in [0.25, 0.3) is 0 Å². The Kier molecular flexibility index (Phi) is 7.11. The highest BCUT2D eigenvalue weighted by Gasteiger charge is 2.27. The van der Waals surface area contributed by atoms with Crippen molar-refractivity contribution in [2.24, 2.45) is 0 Å². The number of anilines is 1. The van der Waals surface area contributed by atoms with Crippen LogP contribution in [0, 0.1) is 0 Å². The number of nitrogens with zero attached hydrogens (tertiary/aromatic N) is 2. The third-order valence-electron chi connectivity index (χ3n) is 5.26. The monoisotopic (exact) mass is 502 g/mol. The van der Waals surface area contributed by atoms with Crippen molar-refractivity contribution in [2.45, 2.75) is 25.3 Å². The predicted molar refractivity (Wildman–Crippen MR) is 122 cm³/mol. The maximum atomic E-state index is 6.46. The molecule has 140 valence electrons. The van der Waals surface area contributed by atoms with Crippen LogP contribution in [0.4, 0.5) is 5.69 Å². The molecule has 0 saturated carbocycles. The minimum atomic E-state index is 0.322. The SMILES string of the molecule is CI.CN1Cc2c(Cl)cc(Cl)cc2C(c2ccc(N3CCCC3)cc2)C1. The Balaban J connectivity index is 0.000000948. The van der Waals surface area contributed by atoms with Gasteiger partial charge in [0.15, 0.2) is 0 Å². The molecule has 2 nitrogen and oxygen atoms in total. The van der Waals surface area contributed by atoms with Crippen molar-refractivity contribution in [2.75, 3.05) is 36.5 Å². The lowest BCUT2D eigenvalue weighted by molar-refractivity contribution is 0.295. The van der Waals surface area contributed by atoms with Gasteiger partial charge in [0.25, 0.3) is 0 Å². The van der Waals surface area contributed by atoms with E-state index in [0.717, 1.165) is 23.1 Å². The molecule has 0 N–H and O–H groups in total. The van der Waals surface area contributed by atoms with Gasteiger partial charge in [-0.2, -0.15) is 0 Å². The van der Waals surface area contributed by atoms with Gasteiger partial charge in [-0.05, 0) is 65.8 Å². The molecule has 1 saturated heterocycles. The average Bonchev–Trinajstić information content (AvgIpc) is 3.18. The number of hydrogen-bond acceptors (Lipinski definition) is 2. The summed E-state index contributed by atoms with van der Waals surface area (Å²) < 4.78 is 0. The Labute approximate surface area is 180 Å². The lowest BCUT2D eigenvalue weighted by Gasteiger charge is -2.33. The quantitative estimate of drug-likeness (QED) is 0.355. The van der Waals surface area contributed by atoms with Gasteiger partial charge < -0.3 is 9.80 Å². The Morgan fingerprint density at radius 1 is 1.00 bits per heavy atom. The summed E-state index contributed by atoms with van der Waals surface area (Å²) in [7, 11) is 2.15. The fourth-order valence-electron chi connectivity index (χ4n) is 4.02. The molecule has 5 heteroatoms. The lowest BCUT2D eigenvalue weighted by atomic mass is 9.84. The summed E-state index contributed by atoms with van der Waals surface area (Å²) in [6, 6.07) is 13.0. The van der Waals surface area contributed by atoms with Crippen LogP contribution in [-0.4, -0.2) is 36.5 Å². The molecular weight excluding hydrogens is 478 g/mol. The Bertz CT molecular complexity index is 742. The smallest absolute Gasteiger partial charge is 0.0468 e. The highest BCUT2D eigenvalue weighted by Crippen LogP contribution is 2.38. The fraction of sp³-hybridized carbons (Fsp3) is 0.429. The van der Waals surface area contributed by atoms with E-state index in [1.165, 1.54) is 48.3 Å². The van der Waals surface area contributed by atoms with Gasteiger partial charge in [-0.25, -0.2) is 0 Å². The molecule has 1 atom stereocenters. The zero-order valence-corrected chi connectivity index (χ0v) is 19.0. The van der Waals surface area contributed by atoms with Gasteiger partial charge in [0.05, 0.1) is 0 Å². The second kappa shape index (κ2) is 9.13. The van der Waals surface area contributed by atoms with E-state index >= 15 is 0 Å². The molecule has 0 spiro atoms. The Hall–Kier alpha value is -0.490. The van der Waals surface area contributed by atoms with E-state index in [-0.39, 0.29) is 0 Å². The van der Waals surface area contributed by atoms with Crippen LogP contribution in [0.1, 0.15) is 35.4 Å².